The normalized spacial score (nSPS) is 16.4. The summed E-state index contributed by atoms with van der Waals surface area (Å²) in [5, 5.41) is 2.89. The molecule has 1 N–H and O–H groups in total. The van der Waals surface area contributed by atoms with Crippen molar-refractivity contribution in [1.82, 2.24) is 15.2 Å². The van der Waals surface area contributed by atoms with Crippen LogP contribution in [0.3, 0.4) is 0 Å². The van der Waals surface area contributed by atoms with Crippen LogP contribution in [0.15, 0.2) is 24.5 Å². The first-order valence-electron chi connectivity index (χ1n) is 6.13. The standard InChI is InChI=1S/C13H17N3O2/c1-10(17)15-12-4-7-16(8-5-12)13(18)11-3-2-6-14-9-11/h2-3,6,9,12H,4-5,7-8H2,1H3,(H,15,17). The van der Waals surface area contributed by atoms with Crippen molar-refractivity contribution in [3.8, 4) is 0 Å². The molecule has 0 bridgehead atoms. The van der Waals surface area contributed by atoms with E-state index >= 15 is 0 Å². The van der Waals surface area contributed by atoms with Crippen LogP contribution in [0.5, 0.6) is 0 Å². The van der Waals surface area contributed by atoms with Gasteiger partial charge in [-0.2, -0.15) is 0 Å². The van der Waals surface area contributed by atoms with Crippen molar-refractivity contribution in [2.75, 3.05) is 13.1 Å². The van der Waals surface area contributed by atoms with Gasteiger partial charge in [0.05, 0.1) is 5.56 Å². The highest BCUT2D eigenvalue weighted by Gasteiger charge is 2.23. The second-order valence-corrected chi connectivity index (χ2v) is 4.51. The number of pyridine rings is 1. The van der Waals surface area contributed by atoms with E-state index < -0.39 is 0 Å². The molecule has 5 nitrogen and oxygen atoms in total. The number of carbonyl (C=O) groups excluding carboxylic acids is 2. The maximum atomic E-state index is 12.1. The maximum Gasteiger partial charge on any atom is 0.255 e. The molecule has 2 heterocycles. The van der Waals surface area contributed by atoms with Crippen molar-refractivity contribution < 1.29 is 9.59 Å². The third kappa shape index (κ3) is 3.06. The van der Waals surface area contributed by atoms with Gasteiger partial charge in [0.2, 0.25) is 5.91 Å². The third-order valence-electron chi connectivity index (χ3n) is 3.10. The molecule has 1 saturated heterocycles. The van der Waals surface area contributed by atoms with E-state index in [2.05, 4.69) is 10.3 Å². The van der Waals surface area contributed by atoms with Crippen LogP contribution in [0.2, 0.25) is 0 Å². The molecule has 1 aromatic heterocycles. The highest BCUT2D eigenvalue weighted by molar-refractivity contribution is 5.93. The highest BCUT2D eigenvalue weighted by atomic mass is 16.2. The van der Waals surface area contributed by atoms with E-state index in [1.54, 1.807) is 24.5 Å². The molecule has 2 amide bonds. The van der Waals surface area contributed by atoms with Gasteiger partial charge in [-0.15, -0.1) is 0 Å². The number of aromatic nitrogens is 1. The number of nitrogens with one attached hydrogen (secondary N) is 1. The Morgan fingerprint density at radius 2 is 2.11 bits per heavy atom. The Morgan fingerprint density at radius 3 is 2.67 bits per heavy atom. The van der Waals surface area contributed by atoms with Crippen LogP contribution in [0.25, 0.3) is 0 Å². The van der Waals surface area contributed by atoms with Crippen LogP contribution < -0.4 is 5.32 Å². The predicted octanol–water partition coefficient (Wildman–Crippen LogP) is 0.822. The SMILES string of the molecule is CC(=O)NC1CCN(C(=O)c2cccnc2)CC1. The van der Waals surface area contributed by atoms with Gasteiger partial charge in [-0.05, 0) is 25.0 Å². The highest BCUT2D eigenvalue weighted by Crippen LogP contribution is 2.13. The smallest absolute Gasteiger partial charge is 0.255 e. The fourth-order valence-electron chi connectivity index (χ4n) is 2.19. The molecule has 0 atom stereocenters. The fraction of sp³-hybridized carbons (Fsp3) is 0.462. The number of carbonyl (C=O) groups is 2. The van der Waals surface area contributed by atoms with Gasteiger partial charge in [0.15, 0.2) is 0 Å². The van der Waals surface area contributed by atoms with Gasteiger partial charge in [0, 0.05) is 38.4 Å². The molecule has 0 aromatic carbocycles. The Labute approximate surface area is 106 Å². The van der Waals surface area contributed by atoms with E-state index in [9.17, 15) is 9.59 Å². The molecule has 1 aromatic rings. The van der Waals surface area contributed by atoms with Gasteiger partial charge in [-0.25, -0.2) is 0 Å². The Hall–Kier alpha value is -1.91. The van der Waals surface area contributed by atoms with Crippen molar-refractivity contribution in [1.29, 1.82) is 0 Å². The lowest BCUT2D eigenvalue weighted by molar-refractivity contribution is -0.119. The van der Waals surface area contributed by atoms with E-state index in [-0.39, 0.29) is 17.9 Å². The van der Waals surface area contributed by atoms with E-state index in [0.717, 1.165) is 12.8 Å². The second-order valence-electron chi connectivity index (χ2n) is 4.51. The van der Waals surface area contributed by atoms with Crippen molar-refractivity contribution in [2.45, 2.75) is 25.8 Å². The first-order valence-corrected chi connectivity index (χ1v) is 6.13. The molecule has 1 aliphatic heterocycles. The monoisotopic (exact) mass is 247 g/mol. The van der Waals surface area contributed by atoms with Crippen LogP contribution in [0.1, 0.15) is 30.1 Å². The van der Waals surface area contributed by atoms with E-state index in [0.29, 0.717) is 18.7 Å². The van der Waals surface area contributed by atoms with Gasteiger partial charge < -0.3 is 10.2 Å². The maximum absolute atomic E-state index is 12.1. The molecular weight excluding hydrogens is 230 g/mol. The van der Waals surface area contributed by atoms with Crippen molar-refractivity contribution in [3.63, 3.8) is 0 Å². The molecule has 1 aliphatic rings. The van der Waals surface area contributed by atoms with Crippen LogP contribution in [0.4, 0.5) is 0 Å². The van der Waals surface area contributed by atoms with Gasteiger partial charge in [-0.1, -0.05) is 0 Å². The molecule has 0 radical (unpaired) electrons. The fourth-order valence-corrected chi connectivity index (χ4v) is 2.19. The Balaban J connectivity index is 1.90. The van der Waals surface area contributed by atoms with Crippen LogP contribution >= 0.6 is 0 Å². The zero-order valence-corrected chi connectivity index (χ0v) is 10.4. The van der Waals surface area contributed by atoms with Crippen molar-refractivity contribution >= 4 is 11.8 Å². The number of hydrogen-bond donors (Lipinski definition) is 1. The van der Waals surface area contributed by atoms with Gasteiger partial charge in [-0.3, -0.25) is 14.6 Å². The van der Waals surface area contributed by atoms with Gasteiger partial charge in [0.25, 0.3) is 5.91 Å². The predicted molar refractivity (Wildman–Crippen MR) is 67.0 cm³/mol. The van der Waals surface area contributed by atoms with E-state index in [1.165, 1.54) is 6.92 Å². The number of nitrogens with zero attached hydrogens (tertiary/aromatic N) is 2. The Kier molecular flexibility index (Phi) is 3.92. The number of hydrogen-bond acceptors (Lipinski definition) is 3. The first-order chi connectivity index (χ1) is 8.66. The van der Waals surface area contributed by atoms with E-state index in [4.69, 9.17) is 0 Å². The van der Waals surface area contributed by atoms with Crippen LogP contribution in [-0.4, -0.2) is 40.8 Å². The molecule has 96 valence electrons. The number of piperidine rings is 1. The minimum Gasteiger partial charge on any atom is -0.353 e. The first kappa shape index (κ1) is 12.5. The number of amides is 2. The summed E-state index contributed by atoms with van der Waals surface area (Å²) < 4.78 is 0. The summed E-state index contributed by atoms with van der Waals surface area (Å²) in [5.41, 5.74) is 0.621. The number of rotatable bonds is 2. The zero-order valence-electron chi connectivity index (χ0n) is 10.4. The molecule has 0 saturated carbocycles. The minimum atomic E-state index is -0.00737. The molecule has 0 aliphatic carbocycles. The number of likely N-dealkylation sites (tertiary alicyclic amines) is 1. The summed E-state index contributed by atoms with van der Waals surface area (Å²) in [5.74, 6) is 0.0106. The second kappa shape index (κ2) is 5.62. The topological polar surface area (TPSA) is 62.3 Å². The van der Waals surface area contributed by atoms with Crippen molar-refractivity contribution in [3.05, 3.63) is 30.1 Å². The average Bonchev–Trinajstić information content (AvgIpc) is 2.39. The summed E-state index contributed by atoms with van der Waals surface area (Å²) in [6.45, 7) is 2.88. The Morgan fingerprint density at radius 1 is 1.39 bits per heavy atom. The average molecular weight is 247 g/mol. The zero-order chi connectivity index (χ0) is 13.0. The van der Waals surface area contributed by atoms with Gasteiger partial charge >= 0.3 is 0 Å². The molecular formula is C13H17N3O2. The Bertz CT molecular complexity index is 425. The van der Waals surface area contributed by atoms with Gasteiger partial charge in [0.1, 0.15) is 0 Å². The third-order valence-corrected chi connectivity index (χ3v) is 3.10. The summed E-state index contributed by atoms with van der Waals surface area (Å²) >= 11 is 0. The molecule has 5 heteroatoms. The largest absolute Gasteiger partial charge is 0.353 e. The van der Waals surface area contributed by atoms with Crippen LogP contribution in [0, 0.1) is 0 Å². The lowest BCUT2D eigenvalue weighted by Gasteiger charge is -2.32. The van der Waals surface area contributed by atoms with Crippen molar-refractivity contribution in [2.24, 2.45) is 0 Å². The summed E-state index contributed by atoms with van der Waals surface area (Å²) in [7, 11) is 0. The molecule has 2 rings (SSSR count). The quantitative estimate of drug-likeness (QED) is 0.841. The molecule has 0 unspecified atom stereocenters. The summed E-state index contributed by atoms with van der Waals surface area (Å²) in [6, 6.07) is 3.73. The summed E-state index contributed by atoms with van der Waals surface area (Å²) in [6.07, 6.45) is 4.86. The molecule has 18 heavy (non-hydrogen) atoms. The lowest BCUT2D eigenvalue weighted by atomic mass is 10.0. The minimum absolute atomic E-state index is 0.00737. The summed E-state index contributed by atoms with van der Waals surface area (Å²) in [4.78, 5) is 28.8. The molecule has 0 spiro atoms. The van der Waals surface area contributed by atoms with E-state index in [1.807, 2.05) is 4.90 Å². The lowest BCUT2D eigenvalue weighted by Crippen LogP contribution is -2.46. The van der Waals surface area contributed by atoms with Crippen LogP contribution in [-0.2, 0) is 4.79 Å². The molecule has 1 fully saturated rings.